The van der Waals surface area contributed by atoms with E-state index >= 15 is 0 Å². The van der Waals surface area contributed by atoms with Gasteiger partial charge >= 0.3 is 0 Å². The van der Waals surface area contributed by atoms with Crippen LogP contribution in [0.5, 0.6) is 0 Å². The van der Waals surface area contributed by atoms with Crippen molar-refractivity contribution >= 4 is 44.7 Å². The molecule has 0 spiro atoms. The lowest BCUT2D eigenvalue weighted by Gasteiger charge is -2.31. The lowest BCUT2D eigenvalue weighted by Crippen LogP contribution is -2.43. The van der Waals surface area contributed by atoms with Gasteiger partial charge < -0.3 is 5.32 Å². The summed E-state index contributed by atoms with van der Waals surface area (Å²) in [6, 6.07) is 19.7. The van der Waals surface area contributed by atoms with E-state index in [4.69, 9.17) is 0 Å². The predicted molar refractivity (Wildman–Crippen MR) is 132 cm³/mol. The second kappa shape index (κ2) is 10.2. The van der Waals surface area contributed by atoms with Gasteiger partial charge in [-0.2, -0.15) is 4.31 Å². The molecule has 0 aliphatic carbocycles. The molecule has 4 rings (SSSR count). The van der Waals surface area contributed by atoms with Crippen molar-refractivity contribution in [2.75, 3.05) is 18.4 Å². The highest BCUT2D eigenvalue weighted by Gasteiger charge is 2.33. The Morgan fingerprint density at radius 3 is 2.69 bits per heavy atom. The highest BCUT2D eigenvalue weighted by atomic mass is 32.2. The number of carbonyl (C=O) groups is 1. The Labute approximate surface area is 197 Å². The first-order chi connectivity index (χ1) is 15.4. The van der Waals surface area contributed by atoms with Gasteiger partial charge in [-0.05, 0) is 60.5 Å². The van der Waals surface area contributed by atoms with Crippen molar-refractivity contribution in [3.63, 3.8) is 0 Å². The quantitative estimate of drug-likeness (QED) is 0.455. The van der Waals surface area contributed by atoms with Crippen LogP contribution in [-0.2, 0) is 20.6 Å². The molecule has 0 radical (unpaired) electrons. The maximum atomic E-state index is 12.9. The molecule has 1 amide bonds. The van der Waals surface area contributed by atoms with Crippen LogP contribution in [0.25, 0.3) is 0 Å². The lowest BCUT2D eigenvalue weighted by atomic mass is 9.98. The third-order valence-corrected chi connectivity index (χ3v) is 9.86. The minimum atomic E-state index is -3.53. The number of anilines is 1. The zero-order chi connectivity index (χ0) is 22.6. The summed E-state index contributed by atoms with van der Waals surface area (Å²) in [7, 11) is -3.53. The summed E-state index contributed by atoms with van der Waals surface area (Å²) in [5, 5.41) is 4.78. The van der Waals surface area contributed by atoms with Gasteiger partial charge in [0.2, 0.25) is 5.91 Å². The molecular formula is C24H26N2O3S3. The van der Waals surface area contributed by atoms with Gasteiger partial charge in [0.25, 0.3) is 10.0 Å². The molecule has 1 aliphatic heterocycles. The summed E-state index contributed by atoms with van der Waals surface area (Å²) in [4.78, 5) is 14.2. The predicted octanol–water partition coefficient (Wildman–Crippen LogP) is 5.39. The molecule has 1 aliphatic rings. The van der Waals surface area contributed by atoms with E-state index in [9.17, 15) is 13.2 Å². The number of sulfonamides is 1. The fourth-order valence-corrected chi connectivity index (χ4v) is 7.32. The topological polar surface area (TPSA) is 66.5 Å². The van der Waals surface area contributed by atoms with Crippen molar-refractivity contribution in [1.82, 2.24) is 4.31 Å². The van der Waals surface area contributed by atoms with Crippen molar-refractivity contribution in [3.05, 3.63) is 77.2 Å². The SMILES string of the molecule is Cc1cc(CSc2ccccc2)ccc1NC(=O)C1CCCN(S(=O)(=O)c2cccs2)C1. The number of benzene rings is 2. The van der Waals surface area contributed by atoms with Gasteiger partial charge in [-0.15, -0.1) is 23.1 Å². The van der Waals surface area contributed by atoms with E-state index in [2.05, 4.69) is 23.5 Å². The van der Waals surface area contributed by atoms with Crippen LogP contribution in [0, 0.1) is 12.8 Å². The van der Waals surface area contributed by atoms with Crippen LogP contribution in [0.15, 0.2) is 75.1 Å². The third-order valence-electron chi connectivity index (χ3n) is 5.54. The van der Waals surface area contributed by atoms with Gasteiger partial charge in [-0.3, -0.25) is 4.79 Å². The molecule has 3 aromatic rings. The molecule has 2 aromatic carbocycles. The van der Waals surface area contributed by atoms with Crippen LogP contribution in [0.4, 0.5) is 5.69 Å². The molecule has 1 unspecified atom stereocenters. The minimum absolute atomic E-state index is 0.120. The molecule has 8 heteroatoms. The first-order valence-electron chi connectivity index (χ1n) is 10.6. The number of thioether (sulfide) groups is 1. The molecule has 168 valence electrons. The molecule has 0 saturated carbocycles. The molecule has 1 N–H and O–H groups in total. The standard InChI is InChI=1S/C24H26N2O3S3/c1-18-15-19(17-31-21-8-3-2-4-9-21)11-12-22(18)25-24(27)20-7-5-13-26(16-20)32(28,29)23-10-6-14-30-23/h2-4,6,8-12,14-15,20H,5,7,13,16-17H2,1H3,(H,25,27). The molecular weight excluding hydrogens is 460 g/mol. The van der Waals surface area contributed by atoms with E-state index in [1.807, 2.05) is 37.3 Å². The first kappa shape index (κ1) is 23.0. The van der Waals surface area contributed by atoms with Gasteiger partial charge in [0, 0.05) is 29.4 Å². The van der Waals surface area contributed by atoms with Gasteiger partial charge in [0.15, 0.2) is 0 Å². The fraction of sp³-hybridized carbons (Fsp3) is 0.292. The summed E-state index contributed by atoms with van der Waals surface area (Å²) in [5.74, 6) is 0.383. The number of nitrogens with zero attached hydrogens (tertiary/aromatic N) is 1. The van der Waals surface area contributed by atoms with Crippen molar-refractivity contribution in [1.29, 1.82) is 0 Å². The van der Waals surface area contributed by atoms with E-state index in [0.717, 1.165) is 17.0 Å². The summed E-state index contributed by atoms with van der Waals surface area (Å²) < 4.78 is 27.4. The number of carbonyl (C=O) groups excluding carboxylic acids is 1. The normalized spacial score (nSPS) is 17.2. The van der Waals surface area contributed by atoms with Crippen LogP contribution in [0.3, 0.4) is 0 Å². The highest BCUT2D eigenvalue weighted by Crippen LogP contribution is 2.28. The van der Waals surface area contributed by atoms with Crippen molar-refractivity contribution in [3.8, 4) is 0 Å². The van der Waals surface area contributed by atoms with Crippen molar-refractivity contribution < 1.29 is 13.2 Å². The van der Waals surface area contributed by atoms with Crippen LogP contribution in [-0.4, -0.2) is 31.7 Å². The Morgan fingerprint density at radius 1 is 1.16 bits per heavy atom. The summed E-state index contributed by atoms with van der Waals surface area (Å²) in [6.07, 6.45) is 1.37. The van der Waals surface area contributed by atoms with E-state index in [1.54, 1.807) is 29.3 Å². The number of nitrogens with one attached hydrogen (secondary N) is 1. The largest absolute Gasteiger partial charge is 0.326 e. The lowest BCUT2D eigenvalue weighted by molar-refractivity contribution is -0.120. The Bertz CT molecular complexity index is 1160. The maximum Gasteiger partial charge on any atom is 0.252 e. The molecule has 1 atom stereocenters. The molecule has 1 saturated heterocycles. The van der Waals surface area contributed by atoms with E-state index in [-0.39, 0.29) is 18.4 Å². The van der Waals surface area contributed by atoms with Crippen LogP contribution >= 0.6 is 23.1 Å². The number of hydrogen-bond acceptors (Lipinski definition) is 5. The van der Waals surface area contributed by atoms with Crippen LogP contribution in [0.2, 0.25) is 0 Å². The summed E-state index contributed by atoms with van der Waals surface area (Å²) in [6.45, 7) is 2.66. The average molecular weight is 487 g/mol. The van der Waals surface area contributed by atoms with Crippen LogP contribution < -0.4 is 5.32 Å². The van der Waals surface area contributed by atoms with Gasteiger partial charge in [0.1, 0.15) is 4.21 Å². The molecule has 0 bridgehead atoms. The minimum Gasteiger partial charge on any atom is -0.326 e. The van der Waals surface area contributed by atoms with E-state index in [0.29, 0.717) is 23.6 Å². The van der Waals surface area contributed by atoms with Gasteiger partial charge in [-0.25, -0.2) is 8.42 Å². The number of aryl methyl sites for hydroxylation is 1. The van der Waals surface area contributed by atoms with Gasteiger partial charge in [-0.1, -0.05) is 36.4 Å². The molecule has 1 fully saturated rings. The zero-order valence-corrected chi connectivity index (χ0v) is 20.3. The molecule has 2 heterocycles. The Morgan fingerprint density at radius 2 is 1.97 bits per heavy atom. The summed E-state index contributed by atoms with van der Waals surface area (Å²) >= 11 is 2.99. The Balaban J connectivity index is 1.38. The number of rotatable bonds is 7. The third kappa shape index (κ3) is 5.43. The van der Waals surface area contributed by atoms with Crippen molar-refractivity contribution in [2.24, 2.45) is 5.92 Å². The zero-order valence-electron chi connectivity index (χ0n) is 17.9. The second-order valence-electron chi connectivity index (χ2n) is 7.87. The van der Waals surface area contributed by atoms with E-state index in [1.165, 1.54) is 26.1 Å². The Kier molecular flexibility index (Phi) is 7.35. The monoisotopic (exact) mass is 486 g/mol. The summed E-state index contributed by atoms with van der Waals surface area (Å²) in [5.41, 5.74) is 2.98. The second-order valence-corrected chi connectivity index (χ2v) is 12.0. The molecule has 1 aromatic heterocycles. The fourth-order valence-electron chi connectivity index (χ4n) is 3.79. The Hall–Kier alpha value is -2.13. The smallest absolute Gasteiger partial charge is 0.252 e. The van der Waals surface area contributed by atoms with Crippen LogP contribution in [0.1, 0.15) is 24.0 Å². The van der Waals surface area contributed by atoms with E-state index < -0.39 is 10.0 Å². The number of hydrogen-bond donors (Lipinski definition) is 1. The van der Waals surface area contributed by atoms with Crippen molar-refractivity contribution in [2.45, 2.75) is 34.6 Å². The highest BCUT2D eigenvalue weighted by molar-refractivity contribution is 7.98. The maximum absolute atomic E-state index is 12.9. The number of thiophene rings is 1. The number of amides is 1. The first-order valence-corrected chi connectivity index (χ1v) is 13.9. The van der Waals surface area contributed by atoms with Gasteiger partial charge in [0.05, 0.1) is 5.92 Å². The number of piperidine rings is 1. The molecule has 5 nitrogen and oxygen atoms in total. The molecule has 32 heavy (non-hydrogen) atoms. The average Bonchev–Trinajstić information content (AvgIpc) is 3.36.